The summed E-state index contributed by atoms with van der Waals surface area (Å²) in [6, 6.07) is 5.19. The lowest BCUT2D eigenvalue weighted by Crippen LogP contribution is -2.56. The summed E-state index contributed by atoms with van der Waals surface area (Å²) in [6.45, 7) is -0.562. The highest BCUT2D eigenvalue weighted by Crippen LogP contribution is 2.36. The molecule has 0 spiro atoms. The molecular weight excluding hydrogens is 551 g/mol. The maximum absolute atomic E-state index is 13.6. The number of rotatable bonds is 6. The van der Waals surface area contributed by atoms with Gasteiger partial charge in [0.2, 0.25) is 0 Å². The van der Waals surface area contributed by atoms with Crippen LogP contribution in [-0.4, -0.2) is 63.6 Å². The number of ether oxygens (including phenoxy) is 1. The van der Waals surface area contributed by atoms with Crippen molar-refractivity contribution >= 4 is 51.2 Å². The molecule has 0 aliphatic carbocycles. The molecule has 0 radical (unpaired) electrons. The Morgan fingerprint density at radius 1 is 1.18 bits per heavy atom. The molecule has 3 rings (SSSR count). The van der Waals surface area contributed by atoms with Gasteiger partial charge in [0.05, 0.1) is 11.6 Å². The number of thioether (sulfide) groups is 1. The van der Waals surface area contributed by atoms with Crippen molar-refractivity contribution < 1.29 is 33.2 Å². The number of benzene rings is 2. The molecular formula is C20H18BrClF3N3O4S. The third kappa shape index (κ3) is 5.88. The van der Waals surface area contributed by atoms with Gasteiger partial charge in [-0.2, -0.15) is 5.10 Å². The minimum absolute atomic E-state index is 0.204. The number of halogens is 5. The van der Waals surface area contributed by atoms with Gasteiger partial charge in [-0.3, -0.25) is 4.99 Å². The van der Waals surface area contributed by atoms with Crippen LogP contribution < -0.4 is 5.84 Å². The maximum atomic E-state index is 13.6. The zero-order valence-electron chi connectivity index (χ0n) is 16.6. The van der Waals surface area contributed by atoms with Gasteiger partial charge < -0.3 is 25.9 Å². The van der Waals surface area contributed by atoms with Crippen LogP contribution in [-0.2, 0) is 4.74 Å². The molecule has 1 aliphatic rings. The molecule has 1 aliphatic heterocycles. The van der Waals surface area contributed by atoms with Crippen LogP contribution >= 0.6 is 39.3 Å². The topological polar surface area (TPSA) is 121 Å². The SMILES string of the molecule is NN=C(C=NC1C(O)[C@@H](Sc2ccc(Cl)c(Br)c2)OC(CO)[C@@H]1O)c1cc(F)c(F)c(F)c1. The quantitative estimate of drug-likeness (QED) is 0.184. The predicted octanol–water partition coefficient (Wildman–Crippen LogP) is 2.85. The van der Waals surface area contributed by atoms with Crippen molar-refractivity contribution in [1.29, 1.82) is 0 Å². The van der Waals surface area contributed by atoms with E-state index in [2.05, 4.69) is 26.0 Å². The number of aliphatic hydroxyl groups excluding tert-OH is 3. The number of aliphatic hydroxyl groups is 3. The minimum Gasteiger partial charge on any atom is -0.394 e. The van der Waals surface area contributed by atoms with Crippen LogP contribution in [0, 0.1) is 17.5 Å². The molecule has 1 fully saturated rings. The first-order valence-corrected chi connectivity index (χ1v) is 11.4. The van der Waals surface area contributed by atoms with Gasteiger partial charge in [-0.05, 0) is 46.3 Å². The Hall–Kier alpha value is -1.67. The average molecular weight is 569 g/mol. The standard InChI is InChI=1S/C20H18BrClF3N3O4S/c21-10-5-9(1-2-11(10)22)33-20-19(31)17(18(30)15(7-29)32-20)27-6-14(28-26)8-3-12(23)16(25)13(24)4-8/h1-6,15,17-20,29-31H,7,26H2/t15?,17?,18-,19?,20+/m0/s1. The molecule has 0 amide bonds. The maximum Gasteiger partial charge on any atom is 0.194 e. The highest BCUT2D eigenvalue weighted by Gasteiger charge is 2.44. The molecule has 2 aromatic carbocycles. The van der Waals surface area contributed by atoms with Crippen molar-refractivity contribution in [3.63, 3.8) is 0 Å². The molecule has 2 aromatic rings. The van der Waals surface area contributed by atoms with Crippen LogP contribution in [0.1, 0.15) is 5.56 Å². The minimum atomic E-state index is -1.65. The number of hydrogen-bond donors (Lipinski definition) is 4. The van der Waals surface area contributed by atoms with E-state index < -0.39 is 53.8 Å². The van der Waals surface area contributed by atoms with E-state index in [1.54, 1.807) is 18.2 Å². The third-order valence-electron chi connectivity index (χ3n) is 4.78. The largest absolute Gasteiger partial charge is 0.394 e. The molecule has 5 N–H and O–H groups in total. The van der Waals surface area contributed by atoms with E-state index >= 15 is 0 Å². The van der Waals surface area contributed by atoms with Crippen LogP contribution in [0.15, 0.2) is 49.8 Å². The van der Waals surface area contributed by atoms with Crippen molar-refractivity contribution in [3.05, 3.63) is 62.8 Å². The second-order valence-electron chi connectivity index (χ2n) is 6.94. The van der Waals surface area contributed by atoms with Crippen LogP contribution in [0.4, 0.5) is 13.2 Å². The van der Waals surface area contributed by atoms with Gasteiger partial charge in [0.15, 0.2) is 17.5 Å². The second kappa shape index (κ2) is 11.2. The van der Waals surface area contributed by atoms with Crippen LogP contribution in [0.5, 0.6) is 0 Å². The first kappa shape index (κ1) is 25.9. The molecule has 0 bridgehead atoms. The Kier molecular flexibility index (Phi) is 8.78. The fourth-order valence-corrected chi connectivity index (χ4v) is 4.82. The molecule has 0 aromatic heterocycles. The van der Waals surface area contributed by atoms with E-state index in [1.165, 1.54) is 0 Å². The van der Waals surface area contributed by atoms with Crippen molar-refractivity contribution in [2.75, 3.05) is 6.61 Å². The average Bonchev–Trinajstić information content (AvgIpc) is 2.78. The molecule has 178 valence electrons. The van der Waals surface area contributed by atoms with Crippen LogP contribution in [0.25, 0.3) is 0 Å². The van der Waals surface area contributed by atoms with E-state index in [-0.39, 0.29) is 11.3 Å². The number of nitrogens with zero attached hydrogens (tertiary/aromatic N) is 2. The van der Waals surface area contributed by atoms with Gasteiger partial charge >= 0.3 is 0 Å². The summed E-state index contributed by atoms with van der Waals surface area (Å²) in [5.74, 6) is 0.740. The first-order valence-electron chi connectivity index (χ1n) is 9.36. The summed E-state index contributed by atoms with van der Waals surface area (Å²) < 4.78 is 46.6. The predicted molar refractivity (Wildman–Crippen MR) is 122 cm³/mol. The van der Waals surface area contributed by atoms with Gasteiger partial charge in [0.25, 0.3) is 0 Å². The number of hydrazone groups is 1. The Bertz CT molecular complexity index is 1060. The molecule has 13 heteroatoms. The lowest BCUT2D eigenvalue weighted by atomic mass is 9.98. The Morgan fingerprint density at radius 3 is 2.42 bits per heavy atom. The summed E-state index contributed by atoms with van der Waals surface area (Å²) >= 11 is 10.4. The van der Waals surface area contributed by atoms with E-state index in [0.717, 1.165) is 18.0 Å². The molecule has 0 saturated carbocycles. The number of hydrogen-bond acceptors (Lipinski definition) is 8. The summed E-state index contributed by atoms with van der Waals surface area (Å²) in [4.78, 5) is 4.76. The van der Waals surface area contributed by atoms with E-state index in [1.807, 2.05) is 0 Å². The zero-order chi connectivity index (χ0) is 24.3. The Labute approximate surface area is 204 Å². The first-order chi connectivity index (χ1) is 15.7. The highest BCUT2D eigenvalue weighted by molar-refractivity contribution is 9.10. The van der Waals surface area contributed by atoms with Crippen molar-refractivity contribution in [1.82, 2.24) is 0 Å². The van der Waals surface area contributed by atoms with Crippen LogP contribution in [0.2, 0.25) is 5.02 Å². The van der Waals surface area contributed by atoms with E-state index in [9.17, 15) is 28.5 Å². The van der Waals surface area contributed by atoms with Gasteiger partial charge in [-0.1, -0.05) is 23.4 Å². The molecule has 7 nitrogen and oxygen atoms in total. The number of aliphatic imine (C=N–C) groups is 1. The lowest BCUT2D eigenvalue weighted by Gasteiger charge is -2.40. The molecule has 3 unspecified atom stereocenters. The van der Waals surface area contributed by atoms with E-state index in [0.29, 0.717) is 26.5 Å². The van der Waals surface area contributed by atoms with Gasteiger partial charge in [-0.25, -0.2) is 13.2 Å². The highest BCUT2D eigenvalue weighted by atomic mass is 79.9. The van der Waals surface area contributed by atoms with E-state index in [4.69, 9.17) is 22.2 Å². The molecule has 33 heavy (non-hydrogen) atoms. The van der Waals surface area contributed by atoms with Crippen molar-refractivity contribution in [2.24, 2.45) is 15.9 Å². The Morgan fingerprint density at radius 2 is 1.85 bits per heavy atom. The number of nitrogens with two attached hydrogens (primary N) is 1. The molecule has 1 saturated heterocycles. The Balaban J connectivity index is 1.86. The smallest absolute Gasteiger partial charge is 0.194 e. The van der Waals surface area contributed by atoms with Crippen LogP contribution in [0.3, 0.4) is 0 Å². The summed E-state index contributed by atoms with van der Waals surface area (Å²) in [6.07, 6.45) is -2.87. The molecule has 5 atom stereocenters. The van der Waals surface area contributed by atoms with Gasteiger partial charge in [0, 0.05) is 21.1 Å². The normalized spacial score (nSPS) is 26.2. The van der Waals surface area contributed by atoms with Gasteiger partial charge in [0.1, 0.15) is 35.5 Å². The zero-order valence-corrected chi connectivity index (χ0v) is 19.7. The summed E-state index contributed by atoms with van der Waals surface area (Å²) in [5.41, 5.74) is -1.38. The lowest BCUT2D eigenvalue weighted by molar-refractivity contribution is -0.159. The fraction of sp³-hybridized carbons (Fsp3) is 0.300. The van der Waals surface area contributed by atoms with Crippen molar-refractivity contribution in [3.8, 4) is 0 Å². The fourth-order valence-electron chi connectivity index (χ4n) is 3.07. The van der Waals surface area contributed by atoms with Crippen molar-refractivity contribution in [2.45, 2.75) is 34.7 Å². The molecule has 1 heterocycles. The summed E-state index contributed by atoms with van der Waals surface area (Å²) in [7, 11) is 0. The second-order valence-corrected chi connectivity index (χ2v) is 9.37. The third-order valence-corrected chi connectivity index (χ3v) is 7.14. The monoisotopic (exact) mass is 567 g/mol. The summed E-state index contributed by atoms with van der Waals surface area (Å²) in [5, 5.41) is 34.8. The van der Waals surface area contributed by atoms with Gasteiger partial charge in [-0.15, -0.1) is 0 Å².